The lowest BCUT2D eigenvalue weighted by atomic mass is 10.2. The van der Waals surface area contributed by atoms with Crippen LogP contribution in [0.2, 0.25) is 5.02 Å². The highest BCUT2D eigenvalue weighted by molar-refractivity contribution is 9.10. The summed E-state index contributed by atoms with van der Waals surface area (Å²) in [6.07, 6.45) is 0.755. The maximum absolute atomic E-state index is 14.2. The maximum atomic E-state index is 14.2. The number of nitrogens with one attached hydrogen (secondary N) is 2. The molecular formula is C15H17BrClFN4O2. The van der Waals surface area contributed by atoms with Gasteiger partial charge in [-0.25, -0.2) is 19.2 Å². The number of fused-ring (bicyclic) bond motifs is 1. The lowest BCUT2D eigenvalue weighted by Gasteiger charge is -2.19. The molecule has 6 nitrogen and oxygen atoms in total. The fourth-order valence-corrected chi connectivity index (χ4v) is 2.40. The third-order valence-corrected chi connectivity index (χ3v) is 4.15. The van der Waals surface area contributed by atoms with Crippen molar-refractivity contribution in [3.8, 4) is 0 Å². The summed E-state index contributed by atoms with van der Waals surface area (Å²) >= 11 is 9.06. The zero-order valence-corrected chi connectivity index (χ0v) is 15.8. The molecule has 0 bridgehead atoms. The first-order valence-corrected chi connectivity index (χ1v) is 8.35. The van der Waals surface area contributed by atoms with Gasteiger partial charge in [-0.1, -0.05) is 11.6 Å². The van der Waals surface area contributed by atoms with Crippen LogP contribution in [0, 0.1) is 5.82 Å². The number of carbonyl (C=O) groups excluding carboxylic acids is 1. The SMILES string of the molecule is CC(C)(C)OC(=O)NCCNc1ncnc2c(F)c(Br)c(Cl)cc12. The second-order valence-corrected chi connectivity index (χ2v) is 7.16. The van der Waals surface area contributed by atoms with Gasteiger partial charge in [0.05, 0.1) is 9.50 Å². The summed E-state index contributed by atoms with van der Waals surface area (Å²) in [5, 5.41) is 6.32. The summed E-state index contributed by atoms with van der Waals surface area (Å²) in [5.41, 5.74) is -0.397. The zero-order chi connectivity index (χ0) is 17.9. The molecule has 1 heterocycles. The molecule has 24 heavy (non-hydrogen) atoms. The highest BCUT2D eigenvalue weighted by Gasteiger charge is 2.16. The van der Waals surface area contributed by atoms with Gasteiger partial charge in [0.15, 0.2) is 5.82 Å². The van der Waals surface area contributed by atoms with Gasteiger partial charge in [-0.15, -0.1) is 0 Å². The number of ether oxygens (including phenoxy) is 1. The predicted octanol–water partition coefficient (Wildman–Crippen LogP) is 4.12. The minimum Gasteiger partial charge on any atom is -0.444 e. The molecule has 0 spiro atoms. The number of hydrogen-bond donors (Lipinski definition) is 2. The maximum Gasteiger partial charge on any atom is 0.407 e. The van der Waals surface area contributed by atoms with Gasteiger partial charge in [-0.2, -0.15) is 0 Å². The van der Waals surface area contributed by atoms with E-state index in [9.17, 15) is 9.18 Å². The molecule has 0 fully saturated rings. The number of aromatic nitrogens is 2. The Morgan fingerprint density at radius 1 is 1.38 bits per heavy atom. The van der Waals surface area contributed by atoms with E-state index in [0.717, 1.165) is 0 Å². The van der Waals surface area contributed by atoms with Crippen molar-refractivity contribution in [1.82, 2.24) is 15.3 Å². The molecule has 0 aliphatic heterocycles. The third-order valence-electron chi connectivity index (χ3n) is 2.85. The molecule has 0 aliphatic carbocycles. The van der Waals surface area contributed by atoms with Crippen molar-refractivity contribution < 1.29 is 13.9 Å². The third kappa shape index (κ3) is 4.67. The van der Waals surface area contributed by atoms with Gasteiger partial charge >= 0.3 is 6.09 Å². The smallest absolute Gasteiger partial charge is 0.407 e. The molecule has 0 saturated heterocycles. The Labute approximate surface area is 152 Å². The number of hydrogen-bond acceptors (Lipinski definition) is 5. The molecule has 0 aliphatic rings. The summed E-state index contributed by atoms with van der Waals surface area (Å²) in [7, 11) is 0. The normalized spacial score (nSPS) is 11.4. The van der Waals surface area contributed by atoms with Gasteiger partial charge < -0.3 is 15.4 Å². The van der Waals surface area contributed by atoms with Gasteiger partial charge in [0.1, 0.15) is 23.3 Å². The highest BCUT2D eigenvalue weighted by Crippen LogP contribution is 2.33. The van der Waals surface area contributed by atoms with Crippen LogP contribution >= 0.6 is 27.5 Å². The molecule has 1 aromatic carbocycles. The summed E-state index contributed by atoms with van der Waals surface area (Å²) in [4.78, 5) is 19.6. The minimum atomic E-state index is -0.554. The summed E-state index contributed by atoms with van der Waals surface area (Å²) in [6.45, 7) is 6.05. The Balaban J connectivity index is 2.02. The van der Waals surface area contributed by atoms with Crippen LogP contribution in [0.15, 0.2) is 16.9 Å². The van der Waals surface area contributed by atoms with Crippen LogP contribution in [0.4, 0.5) is 15.0 Å². The van der Waals surface area contributed by atoms with E-state index >= 15 is 0 Å². The molecule has 130 valence electrons. The summed E-state index contributed by atoms with van der Waals surface area (Å²) < 4.78 is 19.5. The van der Waals surface area contributed by atoms with Crippen LogP contribution in [-0.2, 0) is 4.74 Å². The van der Waals surface area contributed by atoms with E-state index in [1.165, 1.54) is 6.33 Å². The number of nitrogens with zero attached hydrogens (tertiary/aromatic N) is 2. The number of alkyl carbamates (subject to hydrolysis) is 1. The van der Waals surface area contributed by atoms with Gasteiger partial charge in [0.2, 0.25) is 0 Å². The highest BCUT2D eigenvalue weighted by atomic mass is 79.9. The molecule has 2 aromatic rings. The van der Waals surface area contributed by atoms with Crippen molar-refractivity contribution in [3.63, 3.8) is 0 Å². The molecule has 0 unspecified atom stereocenters. The first kappa shape index (κ1) is 18.7. The number of halogens is 3. The van der Waals surface area contributed by atoms with Crippen LogP contribution in [0.5, 0.6) is 0 Å². The summed E-state index contributed by atoms with van der Waals surface area (Å²) in [6, 6.07) is 1.58. The fraction of sp³-hybridized carbons (Fsp3) is 0.400. The van der Waals surface area contributed by atoms with E-state index in [1.54, 1.807) is 26.8 Å². The van der Waals surface area contributed by atoms with E-state index in [4.69, 9.17) is 16.3 Å². The van der Waals surface area contributed by atoms with Crippen LogP contribution in [0.25, 0.3) is 10.9 Å². The number of rotatable bonds is 4. The van der Waals surface area contributed by atoms with Crippen molar-refractivity contribution in [2.75, 3.05) is 18.4 Å². The Bertz CT molecular complexity index is 767. The molecule has 1 amide bonds. The molecular weight excluding hydrogens is 403 g/mol. The molecule has 0 atom stereocenters. The Kier molecular flexibility index (Phi) is 5.82. The lowest BCUT2D eigenvalue weighted by Crippen LogP contribution is -2.35. The Morgan fingerprint density at radius 3 is 2.75 bits per heavy atom. The summed E-state index contributed by atoms with van der Waals surface area (Å²) in [5.74, 6) is -0.117. The van der Waals surface area contributed by atoms with Crippen LogP contribution < -0.4 is 10.6 Å². The second kappa shape index (κ2) is 7.48. The van der Waals surface area contributed by atoms with Crippen molar-refractivity contribution >= 4 is 50.3 Å². The van der Waals surface area contributed by atoms with E-state index in [0.29, 0.717) is 24.3 Å². The molecule has 0 radical (unpaired) electrons. The van der Waals surface area contributed by atoms with Crippen molar-refractivity contribution in [2.24, 2.45) is 0 Å². The lowest BCUT2D eigenvalue weighted by molar-refractivity contribution is 0.0530. The van der Waals surface area contributed by atoms with E-state index in [-0.39, 0.29) is 15.0 Å². The number of benzene rings is 1. The number of amides is 1. The first-order chi connectivity index (χ1) is 11.2. The topological polar surface area (TPSA) is 76.1 Å². The van der Waals surface area contributed by atoms with E-state index in [1.807, 2.05) is 0 Å². The molecule has 2 N–H and O–H groups in total. The van der Waals surface area contributed by atoms with Gasteiger partial charge in [-0.05, 0) is 42.8 Å². The zero-order valence-electron chi connectivity index (χ0n) is 13.4. The molecule has 2 rings (SSSR count). The molecule has 0 saturated carbocycles. The first-order valence-electron chi connectivity index (χ1n) is 7.18. The van der Waals surface area contributed by atoms with Gasteiger partial charge in [0.25, 0.3) is 0 Å². The number of anilines is 1. The van der Waals surface area contributed by atoms with Crippen molar-refractivity contribution in [3.05, 3.63) is 27.7 Å². The number of carbonyl (C=O) groups is 1. The van der Waals surface area contributed by atoms with Gasteiger partial charge in [0, 0.05) is 18.5 Å². The van der Waals surface area contributed by atoms with Gasteiger partial charge in [-0.3, -0.25) is 0 Å². The monoisotopic (exact) mass is 418 g/mol. The van der Waals surface area contributed by atoms with Crippen LogP contribution in [0.3, 0.4) is 0 Å². The average Bonchev–Trinajstić information content (AvgIpc) is 2.48. The van der Waals surface area contributed by atoms with E-state index in [2.05, 4.69) is 36.5 Å². The Morgan fingerprint density at radius 2 is 2.08 bits per heavy atom. The fourth-order valence-electron chi connectivity index (χ4n) is 1.91. The quantitative estimate of drug-likeness (QED) is 0.576. The van der Waals surface area contributed by atoms with Crippen LogP contribution in [0.1, 0.15) is 20.8 Å². The van der Waals surface area contributed by atoms with Crippen LogP contribution in [-0.4, -0.2) is 34.8 Å². The molecule has 9 heteroatoms. The van der Waals surface area contributed by atoms with Crippen molar-refractivity contribution in [1.29, 1.82) is 0 Å². The minimum absolute atomic E-state index is 0.156. The van der Waals surface area contributed by atoms with Crippen molar-refractivity contribution in [2.45, 2.75) is 26.4 Å². The standard InChI is InChI=1S/C15H17BrClFN4O2/c1-15(2,3)24-14(23)20-5-4-19-13-8-6-9(17)10(16)11(18)12(8)21-7-22-13/h6-7H,4-5H2,1-3H3,(H,20,23)(H,19,21,22). The predicted molar refractivity (Wildman–Crippen MR) is 94.9 cm³/mol. The second-order valence-electron chi connectivity index (χ2n) is 5.96. The molecule has 1 aromatic heterocycles. The van der Waals surface area contributed by atoms with E-state index < -0.39 is 17.5 Å². The Hall–Kier alpha value is -1.67. The largest absolute Gasteiger partial charge is 0.444 e. The average molecular weight is 420 g/mol.